The van der Waals surface area contributed by atoms with Crippen LogP contribution in [0.1, 0.15) is 17.4 Å². The minimum absolute atomic E-state index is 0.317. The molecule has 1 aromatic carbocycles. The van der Waals surface area contributed by atoms with Gasteiger partial charge in [-0.2, -0.15) is 0 Å². The van der Waals surface area contributed by atoms with Crippen LogP contribution in [-0.4, -0.2) is 36.8 Å². The maximum Gasteiger partial charge on any atom is 0.322 e. The van der Waals surface area contributed by atoms with Crippen LogP contribution in [0.25, 0.3) is 0 Å². The molecule has 4 rings (SSSR count). The molecule has 0 saturated heterocycles. The van der Waals surface area contributed by atoms with Gasteiger partial charge >= 0.3 is 5.97 Å². The number of ether oxygens (including phenoxy) is 1. The van der Waals surface area contributed by atoms with E-state index in [0.717, 1.165) is 11.6 Å². The molecule has 0 saturated carbocycles. The summed E-state index contributed by atoms with van der Waals surface area (Å²) in [6, 6.07) is 12.2. The van der Waals surface area contributed by atoms with Gasteiger partial charge in [0, 0.05) is 6.07 Å². The van der Waals surface area contributed by atoms with Crippen LogP contribution in [0.3, 0.4) is 0 Å². The molecular weight excluding hydrogens is 336 g/mol. The predicted octanol–water partition coefficient (Wildman–Crippen LogP) is 2.44. The predicted molar refractivity (Wildman–Crippen MR) is 90.7 cm³/mol. The standard InChI is InChI=1S/C18H18N4O4/c1-12-19-20-16-11-21(15(18(23)24)10-22(12)16)9-14-7-8-17(26-14)25-13-5-3-2-4-6-13/h2-8,15H,9-11H2,1H3,(H,23,24). The quantitative estimate of drug-likeness (QED) is 0.752. The zero-order valence-electron chi connectivity index (χ0n) is 14.2. The van der Waals surface area contributed by atoms with Gasteiger partial charge in [-0.3, -0.25) is 9.69 Å². The third-order valence-corrected chi connectivity index (χ3v) is 4.40. The van der Waals surface area contributed by atoms with Crippen molar-refractivity contribution in [1.82, 2.24) is 19.7 Å². The van der Waals surface area contributed by atoms with E-state index in [1.165, 1.54) is 0 Å². The molecule has 0 aliphatic carbocycles. The van der Waals surface area contributed by atoms with Crippen LogP contribution in [0.4, 0.5) is 0 Å². The normalized spacial score (nSPS) is 17.0. The first-order chi connectivity index (χ1) is 12.6. The number of carbonyl (C=O) groups is 1. The average molecular weight is 354 g/mol. The molecule has 3 aromatic rings. The summed E-state index contributed by atoms with van der Waals surface area (Å²) < 4.78 is 13.2. The molecule has 2 aromatic heterocycles. The Morgan fingerprint density at radius 3 is 2.85 bits per heavy atom. The highest BCUT2D eigenvalue weighted by molar-refractivity contribution is 5.73. The Morgan fingerprint density at radius 2 is 2.08 bits per heavy atom. The Bertz CT molecular complexity index is 918. The zero-order chi connectivity index (χ0) is 18.1. The molecule has 0 amide bonds. The topological polar surface area (TPSA) is 93.6 Å². The molecule has 3 heterocycles. The number of benzene rings is 1. The third kappa shape index (κ3) is 3.18. The number of hydrogen-bond donors (Lipinski definition) is 1. The van der Waals surface area contributed by atoms with E-state index < -0.39 is 12.0 Å². The van der Waals surface area contributed by atoms with Crippen molar-refractivity contribution in [2.24, 2.45) is 0 Å². The lowest BCUT2D eigenvalue weighted by Gasteiger charge is -2.32. The third-order valence-electron chi connectivity index (χ3n) is 4.40. The summed E-state index contributed by atoms with van der Waals surface area (Å²) in [6.45, 7) is 2.89. The summed E-state index contributed by atoms with van der Waals surface area (Å²) in [4.78, 5) is 13.5. The number of carboxylic acids is 1. The van der Waals surface area contributed by atoms with Crippen molar-refractivity contribution < 1.29 is 19.1 Å². The van der Waals surface area contributed by atoms with Gasteiger partial charge in [-0.1, -0.05) is 18.2 Å². The SMILES string of the molecule is Cc1nnc2n1CC(C(=O)O)N(Cc1ccc(Oc3ccccc3)o1)C2. The lowest BCUT2D eigenvalue weighted by atomic mass is 10.2. The van der Waals surface area contributed by atoms with E-state index in [4.69, 9.17) is 9.15 Å². The number of aromatic nitrogens is 3. The smallest absolute Gasteiger partial charge is 0.322 e. The maximum atomic E-state index is 11.7. The number of furan rings is 1. The Labute approximate surface area is 149 Å². The molecule has 0 fully saturated rings. The number of nitrogens with zero attached hydrogens (tertiary/aromatic N) is 4. The molecular formula is C18H18N4O4. The Kier molecular flexibility index (Phi) is 4.18. The van der Waals surface area contributed by atoms with Crippen molar-refractivity contribution >= 4 is 5.97 Å². The lowest BCUT2D eigenvalue weighted by Crippen LogP contribution is -2.47. The summed E-state index contributed by atoms with van der Waals surface area (Å²) in [5.41, 5.74) is 0. The van der Waals surface area contributed by atoms with Gasteiger partial charge in [0.2, 0.25) is 0 Å². The van der Waals surface area contributed by atoms with Crippen molar-refractivity contribution in [3.63, 3.8) is 0 Å². The minimum atomic E-state index is -0.879. The fraction of sp³-hybridized carbons (Fsp3) is 0.278. The molecule has 1 aliphatic rings. The number of carboxylic acid groups (broad SMARTS) is 1. The first-order valence-electron chi connectivity index (χ1n) is 8.27. The van der Waals surface area contributed by atoms with Crippen LogP contribution in [0.15, 0.2) is 46.9 Å². The van der Waals surface area contributed by atoms with Crippen molar-refractivity contribution in [1.29, 1.82) is 0 Å². The van der Waals surface area contributed by atoms with Crippen molar-refractivity contribution in [3.8, 4) is 11.7 Å². The highest BCUT2D eigenvalue weighted by Crippen LogP contribution is 2.26. The van der Waals surface area contributed by atoms with Gasteiger partial charge in [0.05, 0.1) is 19.6 Å². The van der Waals surface area contributed by atoms with Crippen LogP contribution in [0, 0.1) is 6.92 Å². The Balaban J connectivity index is 1.50. The van der Waals surface area contributed by atoms with E-state index in [-0.39, 0.29) is 0 Å². The van der Waals surface area contributed by atoms with Crippen LogP contribution < -0.4 is 4.74 Å². The number of rotatable bonds is 5. The molecule has 0 radical (unpaired) electrons. The van der Waals surface area contributed by atoms with Crippen LogP contribution in [0.5, 0.6) is 11.7 Å². The molecule has 1 atom stereocenters. The molecule has 0 bridgehead atoms. The number of fused-ring (bicyclic) bond motifs is 1. The molecule has 1 unspecified atom stereocenters. The summed E-state index contributed by atoms with van der Waals surface area (Å²) in [7, 11) is 0. The van der Waals surface area contributed by atoms with Crippen molar-refractivity contribution in [3.05, 3.63) is 59.9 Å². The summed E-state index contributed by atoms with van der Waals surface area (Å²) in [5.74, 6) is 2.28. The van der Waals surface area contributed by atoms with E-state index >= 15 is 0 Å². The average Bonchev–Trinajstić information content (AvgIpc) is 3.22. The second-order valence-corrected chi connectivity index (χ2v) is 6.17. The number of aliphatic carboxylic acids is 1. The van der Waals surface area contributed by atoms with Gasteiger partial charge in [0.25, 0.3) is 5.95 Å². The number of hydrogen-bond acceptors (Lipinski definition) is 6. The van der Waals surface area contributed by atoms with Gasteiger partial charge < -0.3 is 18.8 Å². The van der Waals surface area contributed by atoms with Gasteiger partial charge in [-0.25, -0.2) is 0 Å². The molecule has 1 N–H and O–H groups in total. The Hall–Kier alpha value is -3.13. The van der Waals surface area contributed by atoms with E-state index in [2.05, 4.69) is 10.2 Å². The van der Waals surface area contributed by atoms with E-state index in [0.29, 0.717) is 37.1 Å². The number of aryl methyl sites for hydroxylation is 1. The van der Waals surface area contributed by atoms with E-state index in [1.807, 2.05) is 46.7 Å². The fourth-order valence-electron chi connectivity index (χ4n) is 3.06. The molecule has 8 heteroatoms. The van der Waals surface area contributed by atoms with Crippen LogP contribution >= 0.6 is 0 Å². The van der Waals surface area contributed by atoms with E-state index in [1.54, 1.807) is 12.1 Å². The van der Waals surface area contributed by atoms with Crippen LogP contribution in [-0.2, 0) is 24.4 Å². The maximum absolute atomic E-state index is 11.7. The van der Waals surface area contributed by atoms with Crippen molar-refractivity contribution in [2.75, 3.05) is 0 Å². The molecule has 8 nitrogen and oxygen atoms in total. The fourth-order valence-corrected chi connectivity index (χ4v) is 3.06. The molecule has 134 valence electrons. The van der Waals surface area contributed by atoms with Gasteiger partial charge in [-0.15, -0.1) is 10.2 Å². The lowest BCUT2D eigenvalue weighted by molar-refractivity contribution is -0.145. The first-order valence-corrected chi connectivity index (χ1v) is 8.27. The summed E-state index contributed by atoms with van der Waals surface area (Å²) in [5, 5.41) is 17.8. The van der Waals surface area contributed by atoms with E-state index in [9.17, 15) is 9.90 Å². The Morgan fingerprint density at radius 1 is 1.27 bits per heavy atom. The minimum Gasteiger partial charge on any atom is -0.480 e. The van der Waals surface area contributed by atoms with Gasteiger partial charge in [0.15, 0.2) is 0 Å². The van der Waals surface area contributed by atoms with Crippen molar-refractivity contribution in [2.45, 2.75) is 32.6 Å². The number of para-hydroxylation sites is 1. The van der Waals surface area contributed by atoms with Crippen LogP contribution in [0.2, 0.25) is 0 Å². The monoisotopic (exact) mass is 354 g/mol. The second-order valence-electron chi connectivity index (χ2n) is 6.17. The molecule has 1 aliphatic heterocycles. The first kappa shape index (κ1) is 16.3. The highest BCUT2D eigenvalue weighted by Gasteiger charge is 2.33. The largest absolute Gasteiger partial charge is 0.480 e. The zero-order valence-corrected chi connectivity index (χ0v) is 14.2. The summed E-state index contributed by atoms with van der Waals surface area (Å²) in [6.07, 6.45) is 0. The summed E-state index contributed by atoms with van der Waals surface area (Å²) >= 11 is 0. The second kappa shape index (κ2) is 6.64. The molecule has 26 heavy (non-hydrogen) atoms. The highest BCUT2D eigenvalue weighted by atomic mass is 16.6. The molecule has 0 spiro atoms. The van der Waals surface area contributed by atoms with Gasteiger partial charge in [0.1, 0.15) is 29.2 Å². The van der Waals surface area contributed by atoms with Gasteiger partial charge in [-0.05, 0) is 25.1 Å².